The molecule has 0 aliphatic rings. The predicted molar refractivity (Wildman–Crippen MR) is 50.6 cm³/mol. The Kier molecular flexibility index (Phi) is 5.26. The van der Waals surface area contributed by atoms with Crippen molar-refractivity contribution in [3.8, 4) is 0 Å². The number of aromatic nitrogens is 1. The number of rotatable bonds is 2. The van der Waals surface area contributed by atoms with Gasteiger partial charge in [0, 0.05) is 23.7 Å². The SMILES string of the molecule is Cc1cccc(CCCl)n1.Cl. The maximum Gasteiger partial charge on any atom is 0.0418 e. The number of aryl methyl sites for hydroxylation is 2. The molecular formula is C8H11Cl2N. The fourth-order valence-electron chi connectivity index (χ4n) is 0.836. The molecule has 0 saturated carbocycles. The van der Waals surface area contributed by atoms with E-state index in [9.17, 15) is 0 Å². The van der Waals surface area contributed by atoms with Crippen LogP contribution in [0.1, 0.15) is 11.4 Å². The average molecular weight is 192 g/mol. The van der Waals surface area contributed by atoms with Gasteiger partial charge in [0.2, 0.25) is 0 Å². The largest absolute Gasteiger partial charge is 0.258 e. The van der Waals surface area contributed by atoms with Crippen LogP contribution in [0.2, 0.25) is 0 Å². The van der Waals surface area contributed by atoms with E-state index in [-0.39, 0.29) is 12.4 Å². The number of alkyl halides is 1. The molecule has 1 rings (SSSR count). The molecule has 0 aromatic carbocycles. The van der Waals surface area contributed by atoms with Gasteiger partial charge in [-0.05, 0) is 19.1 Å². The van der Waals surface area contributed by atoms with E-state index in [4.69, 9.17) is 11.6 Å². The van der Waals surface area contributed by atoms with Crippen molar-refractivity contribution in [2.75, 3.05) is 5.88 Å². The molecule has 3 heteroatoms. The fourth-order valence-corrected chi connectivity index (χ4v) is 1.03. The van der Waals surface area contributed by atoms with E-state index >= 15 is 0 Å². The van der Waals surface area contributed by atoms with Gasteiger partial charge in [-0.3, -0.25) is 4.98 Å². The van der Waals surface area contributed by atoms with Gasteiger partial charge < -0.3 is 0 Å². The van der Waals surface area contributed by atoms with Crippen molar-refractivity contribution in [2.45, 2.75) is 13.3 Å². The molecule has 0 saturated heterocycles. The van der Waals surface area contributed by atoms with E-state index in [0.29, 0.717) is 5.88 Å². The van der Waals surface area contributed by atoms with Gasteiger partial charge in [-0.1, -0.05) is 6.07 Å². The molecular weight excluding hydrogens is 181 g/mol. The summed E-state index contributed by atoms with van der Waals surface area (Å²) in [5.41, 5.74) is 2.14. The van der Waals surface area contributed by atoms with Gasteiger partial charge in [0.15, 0.2) is 0 Å². The Hall–Kier alpha value is -0.270. The molecule has 0 amide bonds. The molecule has 0 fully saturated rings. The van der Waals surface area contributed by atoms with Crippen molar-refractivity contribution in [3.63, 3.8) is 0 Å². The second-order valence-electron chi connectivity index (χ2n) is 2.21. The first-order chi connectivity index (χ1) is 4.83. The van der Waals surface area contributed by atoms with Crippen molar-refractivity contribution in [3.05, 3.63) is 29.6 Å². The minimum absolute atomic E-state index is 0. The van der Waals surface area contributed by atoms with Crippen molar-refractivity contribution in [1.29, 1.82) is 0 Å². The maximum absolute atomic E-state index is 5.55. The van der Waals surface area contributed by atoms with Gasteiger partial charge in [-0.25, -0.2) is 0 Å². The molecule has 62 valence electrons. The molecule has 0 aliphatic carbocycles. The molecule has 0 N–H and O–H groups in total. The first-order valence-corrected chi connectivity index (χ1v) is 3.85. The molecule has 0 unspecified atom stereocenters. The van der Waals surface area contributed by atoms with Crippen LogP contribution in [0.5, 0.6) is 0 Å². The molecule has 11 heavy (non-hydrogen) atoms. The lowest BCUT2D eigenvalue weighted by Crippen LogP contribution is -1.91. The molecule has 1 heterocycles. The van der Waals surface area contributed by atoms with Crippen molar-refractivity contribution < 1.29 is 0 Å². The quantitative estimate of drug-likeness (QED) is 0.656. The summed E-state index contributed by atoms with van der Waals surface area (Å²) in [6.07, 6.45) is 0.864. The zero-order valence-corrected chi connectivity index (χ0v) is 7.95. The summed E-state index contributed by atoms with van der Waals surface area (Å²) < 4.78 is 0. The standard InChI is InChI=1S/C8H10ClN.ClH/c1-7-3-2-4-8(10-7)5-6-9;/h2-4H,5-6H2,1H3;1H. The van der Waals surface area contributed by atoms with Gasteiger partial charge in [0.05, 0.1) is 0 Å². The highest BCUT2D eigenvalue weighted by atomic mass is 35.5. The molecule has 0 bridgehead atoms. The highest BCUT2D eigenvalue weighted by Crippen LogP contribution is 1.99. The van der Waals surface area contributed by atoms with E-state index in [1.807, 2.05) is 25.1 Å². The lowest BCUT2D eigenvalue weighted by molar-refractivity contribution is 1.01. The molecule has 1 aromatic rings. The Bertz CT molecular complexity index is 213. The molecule has 1 aromatic heterocycles. The van der Waals surface area contributed by atoms with Crippen molar-refractivity contribution in [1.82, 2.24) is 4.98 Å². The van der Waals surface area contributed by atoms with Gasteiger partial charge >= 0.3 is 0 Å². The zero-order valence-electron chi connectivity index (χ0n) is 6.38. The van der Waals surface area contributed by atoms with Crippen LogP contribution in [0.15, 0.2) is 18.2 Å². The minimum atomic E-state index is 0. The van der Waals surface area contributed by atoms with E-state index in [1.54, 1.807) is 0 Å². The van der Waals surface area contributed by atoms with Gasteiger partial charge in [0.1, 0.15) is 0 Å². The third kappa shape index (κ3) is 3.59. The highest BCUT2D eigenvalue weighted by molar-refractivity contribution is 6.17. The molecule has 0 aliphatic heterocycles. The minimum Gasteiger partial charge on any atom is -0.258 e. The van der Waals surface area contributed by atoms with E-state index in [0.717, 1.165) is 17.8 Å². The fraction of sp³-hybridized carbons (Fsp3) is 0.375. The van der Waals surface area contributed by atoms with Crippen LogP contribution in [0.3, 0.4) is 0 Å². The molecule has 0 atom stereocenters. The predicted octanol–water partition coefficient (Wildman–Crippen LogP) is 2.59. The van der Waals surface area contributed by atoms with Crippen molar-refractivity contribution in [2.24, 2.45) is 0 Å². The summed E-state index contributed by atoms with van der Waals surface area (Å²) in [4.78, 5) is 4.28. The van der Waals surface area contributed by atoms with E-state index in [1.165, 1.54) is 0 Å². The van der Waals surface area contributed by atoms with Crippen LogP contribution in [-0.2, 0) is 6.42 Å². The molecule has 1 nitrogen and oxygen atoms in total. The summed E-state index contributed by atoms with van der Waals surface area (Å²) in [6.45, 7) is 1.98. The zero-order chi connectivity index (χ0) is 7.40. The first-order valence-electron chi connectivity index (χ1n) is 3.31. The molecule has 0 radical (unpaired) electrons. The smallest absolute Gasteiger partial charge is 0.0418 e. The summed E-state index contributed by atoms with van der Waals surface area (Å²) >= 11 is 5.55. The Morgan fingerprint density at radius 3 is 2.73 bits per heavy atom. The Balaban J connectivity index is 0.000001000. The molecule has 0 spiro atoms. The number of hydrogen-bond donors (Lipinski definition) is 0. The number of pyridine rings is 1. The third-order valence-electron chi connectivity index (χ3n) is 1.30. The van der Waals surface area contributed by atoms with Crippen LogP contribution in [0.4, 0.5) is 0 Å². The van der Waals surface area contributed by atoms with Crippen LogP contribution < -0.4 is 0 Å². The number of hydrogen-bond acceptors (Lipinski definition) is 1. The lowest BCUT2D eigenvalue weighted by Gasteiger charge is -1.96. The van der Waals surface area contributed by atoms with E-state index < -0.39 is 0 Å². The van der Waals surface area contributed by atoms with Gasteiger partial charge in [-0.2, -0.15) is 0 Å². The summed E-state index contributed by atoms with van der Waals surface area (Å²) in [5.74, 6) is 0.649. The average Bonchev–Trinajstić information content (AvgIpc) is 1.88. The highest BCUT2D eigenvalue weighted by Gasteiger charge is 1.91. The summed E-state index contributed by atoms with van der Waals surface area (Å²) in [6, 6.07) is 5.98. The third-order valence-corrected chi connectivity index (χ3v) is 1.49. The number of nitrogens with zero attached hydrogens (tertiary/aromatic N) is 1. The van der Waals surface area contributed by atoms with Crippen LogP contribution in [0, 0.1) is 6.92 Å². The topological polar surface area (TPSA) is 12.9 Å². The summed E-state index contributed by atoms with van der Waals surface area (Å²) in [5, 5.41) is 0. The van der Waals surface area contributed by atoms with Crippen LogP contribution >= 0.6 is 24.0 Å². The van der Waals surface area contributed by atoms with Crippen LogP contribution in [-0.4, -0.2) is 10.9 Å². The lowest BCUT2D eigenvalue weighted by atomic mass is 10.3. The van der Waals surface area contributed by atoms with E-state index in [2.05, 4.69) is 4.98 Å². The second kappa shape index (κ2) is 5.39. The number of halogens is 2. The van der Waals surface area contributed by atoms with Gasteiger partial charge in [-0.15, -0.1) is 24.0 Å². The normalized spacial score (nSPS) is 8.91. The van der Waals surface area contributed by atoms with Crippen molar-refractivity contribution >= 4 is 24.0 Å². The summed E-state index contributed by atoms with van der Waals surface area (Å²) in [7, 11) is 0. The Labute approximate surface area is 78.2 Å². The Morgan fingerprint density at radius 2 is 2.18 bits per heavy atom. The second-order valence-corrected chi connectivity index (χ2v) is 2.59. The monoisotopic (exact) mass is 191 g/mol. The van der Waals surface area contributed by atoms with Crippen LogP contribution in [0.25, 0.3) is 0 Å². The maximum atomic E-state index is 5.55. The van der Waals surface area contributed by atoms with Gasteiger partial charge in [0.25, 0.3) is 0 Å². The Morgan fingerprint density at radius 1 is 1.45 bits per heavy atom. The first kappa shape index (κ1) is 10.7.